The number of aromatic amines is 1. The van der Waals surface area contributed by atoms with Gasteiger partial charge >= 0.3 is 0 Å². The van der Waals surface area contributed by atoms with Gasteiger partial charge in [-0.2, -0.15) is 0 Å². The Morgan fingerprint density at radius 1 is 1.42 bits per heavy atom. The molecule has 2 aromatic rings. The normalized spacial score (nSPS) is 18.2. The van der Waals surface area contributed by atoms with Crippen LogP contribution in [0.3, 0.4) is 0 Å². The summed E-state index contributed by atoms with van der Waals surface area (Å²) in [4.78, 5) is 6.86. The Balaban J connectivity index is 1.84. The van der Waals surface area contributed by atoms with Crippen LogP contribution in [-0.2, 0) is 0 Å². The molecule has 6 heteroatoms. The average Bonchev–Trinajstić information content (AvgIpc) is 2.77. The number of piperidine rings is 1. The Morgan fingerprint density at radius 3 is 2.89 bits per heavy atom. The molecule has 1 aliphatic rings. The number of rotatable bonds is 2. The minimum absolute atomic E-state index is 0.373. The first kappa shape index (κ1) is 13.5. The number of oxazole rings is 1. The molecule has 3 nitrogen and oxygen atoms in total. The number of hydrogen-bond donors (Lipinski definition) is 1. The number of H-pyrrole nitrogens is 1. The van der Waals surface area contributed by atoms with Gasteiger partial charge in [0.05, 0.1) is 5.02 Å². The van der Waals surface area contributed by atoms with Gasteiger partial charge in [0.25, 0.3) is 4.84 Å². The first-order valence-electron chi connectivity index (χ1n) is 6.30. The van der Waals surface area contributed by atoms with E-state index in [0.717, 1.165) is 34.1 Å². The van der Waals surface area contributed by atoms with E-state index < -0.39 is 0 Å². The molecule has 3 rings (SSSR count). The number of thioether (sulfide) groups is 1. The van der Waals surface area contributed by atoms with Gasteiger partial charge in [0.2, 0.25) is 0 Å². The van der Waals surface area contributed by atoms with E-state index in [1.54, 1.807) is 0 Å². The highest BCUT2D eigenvalue weighted by Crippen LogP contribution is 2.38. The summed E-state index contributed by atoms with van der Waals surface area (Å²) in [6.07, 6.45) is 2.41. The van der Waals surface area contributed by atoms with Crippen LogP contribution >= 0.6 is 35.6 Å². The van der Waals surface area contributed by atoms with Crippen LogP contribution in [0.4, 0.5) is 0 Å². The maximum absolute atomic E-state index is 6.43. The molecule has 0 spiro atoms. The standard InChI is InChI=1S/C13H15ClN2OS2/c1-16-6-4-8(5-7-16)19-10-3-2-9-12(11(10)14)15-13(18)17-9/h2-3,8H,4-7H2,1H3,(H,15,18). The van der Waals surface area contributed by atoms with Crippen LogP contribution in [0, 0.1) is 4.84 Å². The molecule has 19 heavy (non-hydrogen) atoms. The third-order valence-electron chi connectivity index (χ3n) is 3.46. The Bertz CT molecular complexity index is 644. The van der Waals surface area contributed by atoms with Gasteiger partial charge in [-0.25, -0.2) is 0 Å². The second kappa shape index (κ2) is 5.48. The zero-order chi connectivity index (χ0) is 13.4. The molecule has 1 N–H and O–H groups in total. The van der Waals surface area contributed by atoms with Gasteiger partial charge in [0, 0.05) is 10.1 Å². The molecular formula is C13H15ClN2OS2. The van der Waals surface area contributed by atoms with Crippen molar-refractivity contribution in [1.29, 1.82) is 0 Å². The van der Waals surface area contributed by atoms with E-state index in [2.05, 4.69) is 16.9 Å². The molecule has 1 aliphatic heterocycles. The second-order valence-corrected chi connectivity index (χ2v) is 6.98. The summed E-state index contributed by atoms with van der Waals surface area (Å²) >= 11 is 13.3. The van der Waals surface area contributed by atoms with E-state index >= 15 is 0 Å². The number of likely N-dealkylation sites (tertiary alicyclic amines) is 1. The molecule has 0 saturated carbocycles. The van der Waals surface area contributed by atoms with Crippen molar-refractivity contribution >= 4 is 46.7 Å². The summed E-state index contributed by atoms with van der Waals surface area (Å²) < 4.78 is 5.37. The van der Waals surface area contributed by atoms with Gasteiger partial charge in [-0.05, 0) is 57.3 Å². The van der Waals surface area contributed by atoms with E-state index in [-0.39, 0.29) is 0 Å². The fourth-order valence-electron chi connectivity index (χ4n) is 2.34. The lowest BCUT2D eigenvalue weighted by molar-refractivity contribution is 0.282. The maximum Gasteiger partial charge on any atom is 0.266 e. The number of halogens is 1. The summed E-state index contributed by atoms with van der Waals surface area (Å²) in [7, 11) is 2.17. The molecule has 0 amide bonds. The predicted molar refractivity (Wildman–Crippen MR) is 82.8 cm³/mol. The van der Waals surface area contributed by atoms with E-state index in [1.165, 1.54) is 12.8 Å². The first-order chi connectivity index (χ1) is 9.13. The van der Waals surface area contributed by atoms with Gasteiger partial charge in [-0.15, -0.1) is 11.8 Å². The molecule has 0 radical (unpaired) electrons. The van der Waals surface area contributed by atoms with Crippen molar-refractivity contribution in [3.05, 3.63) is 22.0 Å². The number of hydrogen-bond acceptors (Lipinski definition) is 4. The quantitative estimate of drug-likeness (QED) is 0.836. The van der Waals surface area contributed by atoms with Crippen LogP contribution in [0.25, 0.3) is 11.1 Å². The summed E-state index contributed by atoms with van der Waals surface area (Å²) in [6, 6.07) is 3.96. The molecule has 1 aromatic carbocycles. The first-order valence-corrected chi connectivity index (χ1v) is 7.96. The Labute approximate surface area is 126 Å². The van der Waals surface area contributed by atoms with Gasteiger partial charge in [0.15, 0.2) is 5.58 Å². The van der Waals surface area contributed by atoms with Crippen molar-refractivity contribution in [3.63, 3.8) is 0 Å². The smallest absolute Gasteiger partial charge is 0.266 e. The van der Waals surface area contributed by atoms with Crippen LogP contribution in [0.1, 0.15) is 12.8 Å². The molecule has 1 fully saturated rings. The van der Waals surface area contributed by atoms with Crippen LogP contribution in [0.5, 0.6) is 0 Å². The molecule has 0 unspecified atom stereocenters. The minimum atomic E-state index is 0.373. The second-order valence-electron chi connectivity index (χ2n) is 4.89. The van der Waals surface area contributed by atoms with Gasteiger partial charge < -0.3 is 14.3 Å². The molecule has 0 atom stereocenters. The van der Waals surface area contributed by atoms with Crippen LogP contribution in [0.2, 0.25) is 5.02 Å². The summed E-state index contributed by atoms with van der Waals surface area (Å²) in [6.45, 7) is 2.32. The van der Waals surface area contributed by atoms with Crippen molar-refractivity contribution in [2.24, 2.45) is 0 Å². The Hall–Kier alpha value is -0.490. The highest BCUT2D eigenvalue weighted by atomic mass is 35.5. The number of benzene rings is 1. The van der Waals surface area contributed by atoms with Gasteiger partial charge in [-0.1, -0.05) is 11.6 Å². The fourth-order valence-corrected chi connectivity index (χ4v) is 4.03. The maximum atomic E-state index is 6.43. The van der Waals surface area contributed by atoms with Crippen LogP contribution in [0.15, 0.2) is 21.4 Å². The third kappa shape index (κ3) is 2.84. The highest BCUT2D eigenvalue weighted by molar-refractivity contribution is 8.00. The average molecular weight is 315 g/mol. The molecule has 2 heterocycles. The largest absolute Gasteiger partial charge is 0.429 e. The molecule has 1 saturated heterocycles. The molecule has 0 bridgehead atoms. The van der Waals surface area contributed by atoms with Crippen molar-refractivity contribution in [2.75, 3.05) is 20.1 Å². The topological polar surface area (TPSA) is 32.2 Å². The van der Waals surface area contributed by atoms with Crippen molar-refractivity contribution in [1.82, 2.24) is 9.88 Å². The summed E-state index contributed by atoms with van der Waals surface area (Å²) in [5.41, 5.74) is 1.53. The van der Waals surface area contributed by atoms with E-state index in [9.17, 15) is 0 Å². The number of aromatic nitrogens is 1. The zero-order valence-electron chi connectivity index (χ0n) is 10.6. The minimum Gasteiger partial charge on any atom is -0.429 e. The van der Waals surface area contributed by atoms with E-state index in [1.807, 2.05) is 23.9 Å². The highest BCUT2D eigenvalue weighted by Gasteiger charge is 2.19. The fraction of sp³-hybridized carbons (Fsp3) is 0.462. The lowest BCUT2D eigenvalue weighted by Gasteiger charge is -2.28. The number of nitrogens with one attached hydrogen (secondary N) is 1. The van der Waals surface area contributed by atoms with Crippen LogP contribution in [-0.4, -0.2) is 35.3 Å². The monoisotopic (exact) mass is 314 g/mol. The predicted octanol–water partition coefficient (Wildman–Crippen LogP) is 4.33. The Morgan fingerprint density at radius 2 is 2.16 bits per heavy atom. The molecular weight excluding hydrogens is 300 g/mol. The van der Waals surface area contributed by atoms with Crippen molar-refractivity contribution in [2.45, 2.75) is 23.0 Å². The summed E-state index contributed by atoms with van der Waals surface area (Å²) in [5.74, 6) is 0. The molecule has 1 aromatic heterocycles. The van der Waals surface area contributed by atoms with Crippen molar-refractivity contribution < 1.29 is 4.42 Å². The third-order valence-corrected chi connectivity index (χ3v) is 5.55. The molecule has 102 valence electrons. The zero-order valence-corrected chi connectivity index (χ0v) is 13.0. The Kier molecular flexibility index (Phi) is 3.89. The number of nitrogens with zero attached hydrogens (tertiary/aromatic N) is 1. The van der Waals surface area contributed by atoms with E-state index in [4.69, 9.17) is 28.2 Å². The van der Waals surface area contributed by atoms with Gasteiger partial charge in [-0.3, -0.25) is 0 Å². The van der Waals surface area contributed by atoms with Crippen LogP contribution < -0.4 is 0 Å². The number of fused-ring (bicyclic) bond motifs is 1. The molecule has 0 aliphatic carbocycles. The lowest BCUT2D eigenvalue weighted by Crippen LogP contribution is -2.31. The van der Waals surface area contributed by atoms with Gasteiger partial charge in [0.1, 0.15) is 5.52 Å². The lowest BCUT2D eigenvalue weighted by atomic mass is 10.1. The summed E-state index contributed by atoms with van der Waals surface area (Å²) in [5, 5.41) is 1.36. The SMILES string of the molecule is CN1CCC(Sc2ccc3oc(=S)[nH]c3c2Cl)CC1. The van der Waals surface area contributed by atoms with Crippen molar-refractivity contribution in [3.8, 4) is 0 Å². The van der Waals surface area contributed by atoms with E-state index in [0.29, 0.717) is 10.1 Å².